The highest BCUT2D eigenvalue weighted by molar-refractivity contribution is 5.07. The maximum Gasteiger partial charge on any atom is 0.0653 e. The van der Waals surface area contributed by atoms with Crippen molar-refractivity contribution < 1.29 is 10.2 Å². The van der Waals surface area contributed by atoms with Crippen molar-refractivity contribution in [2.45, 2.75) is 104 Å². The molecule has 0 aromatic rings. The zero-order chi connectivity index (χ0) is 16.8. The Morgan fingerprint density at radius 1 is 1.09 bits per heavy atom. The Bertz CT molecular complexity index is 397. The molecule has 0 radical (unpaired) electrons. The fourth-order valence-corrected chi connectivity index (χ4v) is 5.90. The first-order valence-corrected chi connectivity index (χ1v) is 9.39. The number of hydrogen-bond acceptors (Lipinski definition) is 2. The normalized spacial score (nSPS) is 44.2. The summed E-state index contributed by atoms with van der Waals surface area (Å²) >= 11 is 0. The molecule has 2 nitrogen and oxygen atoms in total. The fourth-order valence-electron chi connectivity index (χ4n) is 5.90. The van der Waals surface area contributed by atoms with E-state index in [-0.39, 0.29) is 5.41 Å². The summed E-state index contributed by atoms with van der Waals surface area (Å²) in [7, 11) is 0. The molecule has 2 heteroatoms. The van der Waals surface area contributed by atoms with Crippen LogP contribution in [0.1, 0.15) is 92.9 Å². The minimum atomic E-state index is -0.594. The van der Waals surface area contributed by atoms with Gasteiger partial charge in [-0.05, 0) is 81.5 Å². The van der Waals surface area contributed by atoms with Crippen molar-refractivity contribution in [3.8, 4) is 0 Å². The average Bonchev–Trinajstić information content (AvgIpc) is 2.35. The number of fused-ring (bicyclic) bond motifs is 1. The quantitative estimate of drug-likeness (QED) is 0.773. The predicted octanol–water partition coefficient (Wildman–Crippen LogP) is 4.92. The molecule has 0 amide bonds. The predicted molar refractivity (Wildman–Crippen MR) is 92.7 cm³/mol. The molecule has 0 aromatic carbocycles. The van der Waals surface area contributed by atoms with Crippen molar-refractivity contribution >= 4 is 0 Å². The third kappa shape index (κ3) is 3.24. The van der Waals surface area contributed by atoms with Gasteiger partial charge in [-0.25, -0.2) is 0 Å². The zero-order valence-corrected chi connectivity index (χ0v) is 15.7. The van der Waals surface area contributed by atoms with E-state index in [2.05, 4.69) is 20.8 Å². The first kappa shape index (κ1) is 18.3. The summed E-state index contributed by atoms with van der Waals surface area (Å²) in [5.41, 5.74) is -0.575. The Hall–Kier alpha value is -0.0800. The van der Waals surface area contributed by atoms with Crippen LogP contribution >= 0.6 is 0 Å². The molecule has 0 heterocycles. The molecule has 2 N–H and O–H groups in total. The van der Waals surface area contributed by atoms with Crippen LogP contribution in [0, 0.1) is 22.7 Å². The molecule has 0 aliphatic heterocycles. The van der Waals surface area contributed by atoms with Gasteiger partial charge in [0.25, 0.3) is 0 Å². The van der Waals surface area contributed by atoms with Crippen LogP contribution < -0.4 is 0 Å². The SMILES string of the molecule is CC[C@@](C)(O)CC[C@H]1[C@@]2(C)CCCC(C)(C)[C@H]2CC[C@]1(C)O. The van der Waals surface area contributed by atoms with Crippen LogP contribution in [-0.4, -0.2) is 21.4 Å². The smallest absolute Gasteiger partial charge is 0.0653 e. The van der Waals surface area contributed by atoms with Crippen LogP contribution in [0.15, 0.2) is 0 Å². The van der Waals surface area contributed by atoms with Gasteiger partial charge in [-0.2, -0.15) is 0 Å². The van der Waals surface area contributed by atoms with E-state index in [0.29, 0.717) is 17.3 Å². The minimum absolute atomic E-state index is 0.216. The standard InChI is InChI=1S/C20H38O2/c1-7-18(4,21)13-9-16-19(5)12-8-11-17(2,3)15(19)10-14-20(16,6)22/h15-16,21-22H,7-14H2,1-6H3/t15-,16+,18-,19+,20+/m1/s1. The second kappa shape index (κ2) is 5.77. The Balaban J connectivity index is 2.26. The van der Waals surface area contributed by atoms with Crippen LogP contribution in [0.3, 0.4) is 0 Å². The summed E-state index contributed by atoms with van der Waals surface area (Å²) in [5.74, 6) is 1.00. The highest BCUT2D eigenvalue weighted by Gasteiger charge is 2.57. The van der Waals surface area contributed by atoms with Crippen LogP contribution in [0.4, 0.5) is 0 Å². The lowest BCUT2D eigenvalue weighted by molar-refractivity contribution is -0.172. The average molecular weight is 311 g/mol. The third-order valence-corrected chi connectivity index (χ3v) is 7.50. The van der Waals surface area contributed by atoms with Crippen LogP contribution in [0.25, 0.3) is 0 Å². The summed E-state index contributed by atoms with van der Waals surface area (Å²) in [4.78, 5) is 0. The molecule has 2 saturated carbocycles. The Kier molecular flexibility index (Phi) is 4.79. The van der Waals surface area contributed by atoms with Crippen molar-refractivity contribution in [3.05, 3.63) is 0 Å². The lowest BCUT2D eigenvalue weighted by atomic mass is 9.45. The first-order valence-electron chi connectivity index (χ1n) is 9.39. The van der Waals surface area contributed by atoms with Gasteiger partial charge in [-0.15, -0.1) is 0 Å². The summed E-state index contributed by atoms with van der Waals surface area (Å²) in [5, 5.41) is 21.5. The van der Waals surface area contributed by atoms with Crippen molar-refractivity contribution in [2.24, 2.45) is 22.7 Å². The van der Waals surface area contributed by atoms with Crippen molar-refractivity contribution in [1.29, 1.82) is 0 Å². The molecule has 0 unspecified atom stereocenters. The largest absolute Gasteiger partial charge is 0.390 e. The van der Waals surface area contributed by atoms with E-state index >= 15 is 0 Å². The van der Waals surface area contributed by atoms with Gasteiger partial charge in [0.05, 0.1) is 11.2 Å². The van der Waals surface area contributed by atoms with Gasteiger partial charge in [0, 0.05) is 0 Å². The Morgan fingerprint density at radius 3 is 2.32 bits per heavy atom. The number of rotatable bonds is 4. The van der Waals surface area contributed by atoms with E-state index < -0.39 is 11.2 Å². The van der Waals surface area contributed by atoms with Crippen LogP contribution in [-0.2, 0) is 0 Å². The molecule has 22 heavy (non-hydrogen) atoms. The number of hydrogen-bond donors (Lipinski definition) is 2. The molecule has 0 spiro atoms. The Labute approximate surface area is 137 Å². The van der Waals surface area contributed by atoms with E-state index in [1.807, 2.05) is 20.8 Å². The maximum absolute atomic E-state index is 11.1. The van der Waals surface area contributed by atoms with Gasteiger partial charge >= 0.3 is 0 Å². The van der Waals surface area contributed by atoms with E-state index in [1.165, 1.54) is 19.3 Å². The zero-order valence-electron chi connectivity index (χ0n) is 15.7. The molecule has 2 aliphatic carbocycles. The van der Waals surface area contributed by atoms with Crippen molar-refractivity contribution in [1.82, 2.24) is 0 Å². The molecule has 130 valence electrons. The summed E-state index contributed by atoms with van der Waals surface area (Å²) in [6.45, 7) is 13.3. The van der Waals surface area contributed by atoms with Crippen molar-refractivity contribution in [3.63, 3.8) is 0 Å². The summed E-state index contributed by atoms with van der Waals surface area (Å²) < 4.78 is 0. The molecule has 5 atom stereocenters. The van der Waals surface area contributed by atoms with E-state index in [0.717, 1.165) is 32.1 Å². The summed E-state index contributed by atoms with van der Waals surface area (Å²) in [6, 6.07) is 0. The highest BCUT2D eigenvalue weighted by Crippen LogP contribution is 2.63. The molecular weight excluding hydrogens is 272 g/mol. The van der Waals surface area contributed by atoms with Crippen LogP contribution in [0.5, 0.6) is 0 Å². The topological polar surface area (TPSA) is 40.5 Å². The van der Waals surface area contributed by atoms with Gasteiger partial charge in [0.2, 0.25) is 0 Å². The highest BCUT2D eigenvalue weighted by atomic mass is 16.3. The Morgan fingerprint density at radius 2 is 1.73 bits per heavy atom. The van der Waals surface area contributed by atoms with Gasteiger partial charge in [0.15, 0.2) is 0 Å². The monoisotopic (exact) mass is 310 g/mol. The minimum Gasteiger partial charge on any atom is -0.390 e. The molecule has 2 rings (SSSR count). The molecule has 2 fully saturated rings. The van der Waals surface area contributed by atoms with Crippen molar-refractivity contribution in [2.75, 3.05) is 0 Å². The second-order valence-corrected chi connectivity index (χ2v) is 9.74. The van der Waals surface area contributed by atoms with E-state index in [4.69, 9.17) is 0 Å². The van der Waals surface area contributed by atoms with E-state index in [1.54, 1.807) is 0 Å². The van der Waals surface area contributed by atoms with Gasteiger partial charge in [-0.1, -0.05) is 34.1 Å². The second-order valence-electron chi connectivity index (χ2n) is 9.74. The summed E-state index contributed by atoms with van der Waals surface area (Å²) in [6.07, 6.45) is 8.41. The molecule has 0 bridgehead atoms. The van der Waals surface area contributed by atoms with Gasteiger partial charge < -0.3 is 10.2 Å². The third-order valence-electron chi connectivity index (χ3n) is 7.50. The first-order chi connectivity index (χ1) is 9.95. The molecular formula is C20H38O2. The fraction of sp³-hybridized carbons (Fsp3) is 1.00. The lowest BCUT2D eigenvalue weighted by Crippen LogP contribution is -2.57. The molecule has 0 saturated heterocycles. The molecule has 2 aliphatic rings. The van der Waals surface area contributed by atoms with E-state index in [9.17, 15) is 10.2 Å². The molecule has 0 aromatic heterocycles. The van der Waals surface area contributed by atoms with Crippen LogP contribution in [0.2, 0.25) is 0 Å². The maximum atomic E-state index is 11.1. The van der Waals surface area contributed by atoms with Gasteiger partial charge in [0.1, 0.15) is 0 Å². The number of aliphatic hydroxyl groups is 2. The van der Waals surface area contributed by atoms with Gasteiger partial charge in [-0.3, -0.25) is 0 Å². The lowest BCUT2D eigenvalue weighted by Gasteiger charge is -2.61.